The van der Waals surface area contributed by atoms with Gasteiger partial charge in [0.1, 0.15) is 11.9 Å². The molecule has 1 atom stereocenters. The highest BCUT2D eigenvalue weighted by molar-refractivity contribution is 5.88. The van der Waals surface area contributed by atoms with Crippen LogP contribution < -0.4 is 15.0 Å². The van der Waals surface area contributed by atoms with Gasteiger partial charge >= 0.3 is 12.2 Å². The lowest BCUT2D eigenvalue weighted by Gasteiger charge is -2.13. The van der Waals surface area contributed by atoms with Gasteiger partial charge < -0.3 is 19.9 Å². The maximum atomic E-state index is 12.0. The second-order valence-corrected chi connectivity index (χ2v) is 5.24. The van der Waals surface area contributed by atoms with Crippen LogP contribution >= 0.6 is 0 Å². The highest BCUT2D eigenvalue weighted by atomic mass is 16.6. The van der Waals surface area contributed by atoms with Crippen molar-refractivity contribution in [2.75, 3.05) is 25.1 Å². The number of hydrogen-bond donors (Lipinski definition) is 2. The van der Waals surface area contributed by atoms with E-state index in [0.29, 0.717) is 11.4 Å². The standard InChI is InChI=1S/C16H16N4O5/c1-24-13-5-3-2-4-11(13)12-6-7-17-14(19-12)20-9-10(25-16(20)23)8-18-15(21)22/h2-7,10,18H,8-9H2,1H3,(H,21,22). The van der Waals surface area contributed by atoms with Crippen LogP contribution in [0, 0.1) is 0 Å². The molecule has 1 aliphatic rings. The summed E-state index contributed by atoms with van der Waals surface area (Å²) in [6.07, 6.45) is -0.847. The van der Waals surface area contributed by atoms with Gasteiger partial charge in [-0.05, 0) is 18.2 Å². The van der Waals surface area contributed by atoms with Gasteiger partial charge in [0.05, 0.1) is 25.9 Å². The second kappa shape index (κ2) is 7.04. The van der Waals surface area contributed by atoms with E-state index in [1.54, 1.807) is 19.4 Å². The number of carbonyl (C=O) groups excluding carboxylic acids is 1. The predicted molar refractivity (Wildman–Crippen MR) is 87.7 cm³/mol. The quantitative estimate of drug-likeness (QED) is 0.849. The molecule has 0 saturated carbocycles. The van der Waals surface area contributed by atoms with Gasteiger partial charge in [0.25, 0.3) is 0 Å². The number of carboxylic acid groups (broad SMARTS) is 1. The van der Waals surface area contributed by atoms with Crippen LogP contribution in [0.3, 0.4) is 0 Å². The van der Waals surface area contributed by atoms with Gasteiger partial charge in [-0.3, -0.25) is 0 Å². The molecule has 0 spiro atoms. The Balaban J connectivity index is 1.82. The van der Waals surface area contributed by atoms with Crippen molar-refractivity contribution >= 4 is 18.1 Å². The number of nitrogens with one attached hydrogen (secondary N) is 1. The SMILES string of the molecule is COc1ccccc1-c1ccnc(N2CC(CNC(=O)O)OC2=O)n1. The first-order valence-electron chi connectivity index (χ1n) is 7.50. The van der Waals surface area contributed by atoms with Gasteiger partial charge in [0, 0.05) is 11.8 Å². The highest BCUT2D eigenvalue weighted by Gasteiger charge is 2.34. The molecule has 0 aliphatic carbocycles. The molecular formula is C16H16N4O5. The molecule has 1 unspecified atom stereocenters. The smallest absolute Gasteiger partial charge is 0.417 e. The molecule has 1 fully saturated rings. The Morgan fingerprint density at radius 2 is 2.24 bits per heavy atom. The normalized spacial score (nSPS) is 16.4. The lowest BCUT2D eigenvalue weighted by Crippen LogP contribution is -2.34. The summed E-state index contributed by atoms with van der Waals surface area (Å²) in [6, 6.07) is 9.09. The fourth-order valence-electron chi connectivity index (χ4n) is 2.48. The average molecular weight is 344 g/mol. The zero-order valence-electron chi connectivity index (χ0n) is 13.4. The third-order valence-corrected chi connectivity index (χ3v) is 3.62. The molecule has 3 rings (SSSR count). The number of methoxy groups -OCH3 is 1. The van der Waals surface area contributed by atoms with E-state index in [0.717, 1.165) is 5.56 Å². The molecule has 1 saturated heterocycles. The molecule has 9 nitrogen and oxygen atoms in total. The molecule has 9 heteroatoms. The Morgan fingerprint density at radius 3 is 3.00 bits per heavy atom. The van der Waals surface area contributed by atoms with Crippen molar-refractivity contribution in [3.05, 3.63) is 36.5 Å². The molecule has 130 valence electrons. The largest absolute Gasteiger partial charge is 0.496 e. The molecule has 1 aromatic heterocycles. The summed E-state index contributed by atoms with van der Waals surface area (Å²) in [7, 11) is 1.57. The van der Waals surface area contributed by atoms with Gasteiger partial charge in [-0.2, -0.15) is 0 Å². The molecule has 2 heterocycles. The first-order valence-corrected chi connectivity index (χ1v) is 7.50. The Morgan fingerprint density at radius 1 is 1.44 bits per heavy atom. The van der Waals surface area contributed by atoms with Crippen LogP contribution in [-0.4, -0.2) is 53.6 Å². The zero-order chi connectivity index (χ0) is 17.8. The maximum absolute atomic E-state index is 12.0. The first-order chi connectivity index (χ1) is 12.1. The number of amides is 2. The zero-order valence-corrected chi connectivity index (χ0v) is 13.4. The predicted octanol–water partition coefficient (Wildman–Crippen LogP) is 1.74. The fraction of sp³-hybridized carbons (Fsp3) is 0.250. The first kappa shape index (κ1) is 16.5. The average Bonchev–Trinajstić information content (AvgIpc) is 3.01. The van der Waals surface area contributed by atoms with Crippen molar-refractivity contribution in [2.45, 2.75) is 6.10 Å². The molecule has 25 heavy (non-hydrogen) atoms. The van der Waals surface area contributed by atoms with Gasteiger partial charge in [-0.15, -0.1) is 0 Å². The maximum Gasteiger partial charge on any atom is 0.417 e. The van der Waals surface area contributed by atoms with E-state index in [1.807, 2.05) is 24.3 Å². The van der Waals surface area contributed by atoms with Crippen LogP contribution in [0.4, 0.5) is 15.5 Å². The van der Waals surface area contributed by atoms with E-state index < -0.39 is 18.3 Å². The van der Waals surface area contributed by atoms with Crippen molar-refractivity contribution in [1.29, 1.82) is 0 Å². The Kier molecular flexibility index (Phi) is 4.64. The number of aromatic nitrogens is 2. The Labute approximate surface area is 143 Å². The lowest BCUT2D eigenvalue weighted by molar-refractivity contribution is 0.136. The molecule has 0 radical (unpaired) electrons. The van der Waals surface area contributed by atoms with E-state index >= 15 is 0 Å². The molecule has 1 aromatic carbocycles. The minimum absolute atomic E-state index is 0.00374. The molecular weight excluding hydrogens is 328 g/mol. The number of carbonyl (C=O) groups is 2. The summed E-state index contributed by atoms with van der Waals surface area (Å²) in [5.74, 6) is 0.839. The van der Waals surface area contributed by atoms with Gasteiger partial charge in [-0.1, -0.05) is 12.1 Å². The summed E-state index contributed by atoms with van der Waals surface area (Å²) in [4.78, 5) is 32.4. The Bertz CT molecular complexity index is 798. The van der Waals surface area contributed by atoms with Gasteiger partial charge in [0.2, 0.25) is 5.95 Å². The van der Waals surface area contributed by atoms with Crippen molar-refractivity contribution in [3.8, 4) is 17.0 Å². The number of cyclic esters (lactones) is 1. The van der Waals surface area contributed by atoms with E-state index in [-0.39, 0.29) is 19.0 Å². The van der Waals surface area contributed by atoms with Gasteiger partial charge in [-0.25, -0.2) is 24.5 Å². The van der Waals surface area contributed by atoms with Crippen LogP contribution in [0.15, 0.2) is 36.5 Å². The second-order valence-electron chi connectivity index (χ2n) is 5.24. The summed E-state index contributed by atoms with van der Waals surface area (Å²) >= 11 is 0. The van der Waals surface area contributed by atoms with Crippen molar-refractivity contribution in [1.82, 2.24) is 15.3 Å². The molecule has 2 amide bonds. The van der Waals surface area contributed by atoms with Crippen LogP contribution in [0.5, 0.6) is 5.75 Å². The fourth-order valence-corrected chi connectivity index (χ4v) is 2.48. The third-order valence-electron chi connectivity index (χ3n) is 3.62. The summed E-state index contributed by atoms with van der Waals surface area (Å²) in [5, 5.41) is 10.8. The summed E-state index contributed by atoms with van der Waals surface area (Å²) in [5.41, 5.74) is 1.37. The minimum Gasteiger partial charge on any atom is -0.496 e. The van der Waals surface area contributed by atoms with Crippen LogP contribution in [0.2, 0.25) is 0 Å². The number of ether oxygens (including phenoxy) is 2. The van der Waals surface area contributed by atoms with Gasteiger partial charge in [0.15, 0.2) is 0 Å². The number of para-hydroxylation sites is 1. The van der Waals surface area contributed by atoms with Crippen molar-refractivity contribution < 1.29 is 24.2 Å². The number of nitrogens with zero attached hydrogens (tertiary/aromatic N) is 3. The van der Waals surface area contributed by atoms with Crippen LogP contribution in [0.25, 0.3) is 11.3 Å². The third kappa shape index (κ3) is 3.60. The molecule has 2 N–H and O–H groups in total. The van der Waals surface area contributed by atoms with Crippen molar-refractivity contribution in [2.24, 2.45) is 0 Å². The number of hydrogen-bond acceptors (Lipinski definition) is 6. The van der Waals surface area contributed by atoms with E-state index in [1.165, 1.54) is 4.90 Å². The number of benzene rings is 1. The lowest BCUT2D eigenvalue weighted by atomic mass is 10.1. The molecule has 1 aliphatic heterocycles. The minimum atomic E-state index is -1.18. The molecule has 2 aromatic rings. The Hall–Kier alpha value is -3.36. The highest BCUT2D eigenvalue weighted by Crippen LogP contribution is 2.29. The van der Waals surface area contributed by atoms with Crippen molar-refractivity contribution in [3.63, 3.8) is 0 Å². The van der Waals surface area contributed by atoms with Crippen LogP contribution in [0.1, 0.15) is 0 Å². The number of anilines is 1. The number of rotatable bonds is 5. The van der Waals surface area contributed by atoms with E-state index in [2.05, 4.69) is 15.3 Å². The monoisotopic (exact) mass is 344 g/mol. The van der Waals surface area contributed by atoms with E-state index in [9.17, 15) is 9.59 Å². The van der Waals surface area contributed by atoms with E-state index in [4.69, 9.17) is 14.6 Å². The summed E-state index contributed by atoms with van der Waals surface area (Å²) in [6.45, 7) is 0.165. The van der Waals surface area contributed by atoms with Crippen LogP contribution in [-0.2, 0) is 4.74 Å². The summed E-state index contributed by atoms with van der Waals surface area (Å²) < 4.78 is 10.5. The topological polar surface area (TPSA) is 114 Å². The molecule has 0 bridgehead atoms.